The van der Waals surface area contributed by atoms with Gasteiger partial charge in [0.15, 0.2) is 5.44 Å². The fraction of sp³-hybridized carbons (Fsp3) is 0.333. The van der Waals surface area contributed by atoms with Crippen LogP contribution >= 0.6 is 0 Å². The molecule has 0 aliphatic carbocycles. The van der Waals surface area contributed by atoms with E-state index in [0.717, 1.165) is 0 Å². The molecule has 1 aromatic rings. The van der Waals surface area contributed by atoms with Crippen LogP contribution in [0.25, 0.3) is 0 Å². The normalized spacial score (nSPS) is 12.7. The van der Waals surface area contributed by atoms with Crippen molar-refractivity contribution in [3.8, 4) is 5.75 Å². The number of methoxy groups -OCH3 is 1. The van der Waals surface area contributed by atoms with Crippen molar-refractivity contribution in [2.45, 2.75) is 11.9 Å². The van der Waals surface area contributed by atoms with E-state index in [1.807, 2.05) is 0 Å². The topological polar surface area (TPSA) is 83.8 Å². The van der Waals surface area contributed by atoms with E-state index < -0.39 is 15.6 Å². The van der Waals surface area contributed by atoms with Gasteiger partial charge >= 0.3 is 29.6 Å². The molecule has 1 aromatic carbocycles. The van der Waals surface area contributed by atoms with Gasteiger partial charge in [-0.2, -0.15) is 8.42 Å². The second-order valence-electron chi connectivity index (χ2n) is 3.02. The van der Waals surface area contributed by atoms with Crippen LogP contribution in [-0.2, 0) is 16.5 Å². The molecule has 0 radical (unpaired) electrons. The second-order valence-corrected chi connectivity index (χ2v) is 4.60. The van der Waals surface area contributed by atoms with E-state index in [9.17, 15) is 8.42 Å². The summed E-state index contributed by atoms with van der Waals surface area (Å²) in [5.74, 6) is 0.639. The van der Waals surface area contributed by atoms with Crippen LogP contribution in [0.15, 0.2) is 24.3 Å². The Morgan fingerprint density at radius 1 is 1.31 bits per heavy atom. The van der Waals surface area contributed by atoms with Gasteiger partial charge in [0.1, 0.15) is 5.75 Å². The van der Waals surface area contributed by atoms with Gasteiger partial charge < -0.3 is 9.84 Å². The first kappa shape index (κ1) is 15.9. The third kappa shape index (κ3) is 4.82. The Bertz CT molecular complexity index is 414. The number of hydrogen-bond donors (Lipinski definition) is 2. The summed E-state index contributed by atoms with van der Waals surface area (Å²) in [5.41, 5.74) is -1.19. The van der Waals surface area contributed by atoms with Crippen molar-refractivity contribution in [1.29, 1.82) is 0 Å². The Morgan fingerprint density at radius 2 is 1.81 bits per heavy atom. The van der Waals surface area contributed by atoms with Crippen LogP contribution < -0.4 is 4.74 Å². The number of rotatable bonds is 4. The number of ether oxygens (including phenoxy) is 1. The Balaban J connectivity index is 0.00000225. The summed E-state index contributed by atoms with van der Waals surface area (Å²) in [4.78, 5) is 0. The van der Waals surface area contributed by atoms with Gasteiger partial charge in [-0.3, -0.25) is 4.55 Å². The number of benzene rings is 1. The zero-order valence-corrected chi connectivity index (χ0v) is 8.94. The molecule has 2 N–H and O–H groups in total. The van der Waals surface area contributed by atoms with E-state index in [-0.39, 0.29) is 36.0 Å². The molecule has 0 fully saturated rings. The summed E-state index contributed by atoms with van der Waals surface area (Å²) in [6.45, 7) is 0. The molecule has 0 saturated heterocycles. The Hall–Kier alpha value is -0.110. The number of hydrogen-bond acceptors (Lipinski definition) is 4. The van der Waals surface area contributed by atoms with Crippen LogP contribution in [0.3, 0.4) is 0 Å². The Kier molecular flexibility index (Phi) is 6.54. The van der Waals surface area contributed by atoms with Gasteiger partial charge in [0, 0.05) is 6.42 Å². The third-order valence-electron chi connectivity index (χ3n) is 1.91. The van der Waals surface area contributed by atoms with Crippen molar-refractivity contribution in [3.63, 3.8) is 0 Å². The first-order valence-electron chi connectivity index (χ1n) is 4.21. The Labute approximate surface area is 116 Å². The van der Waals surface area contributed by atoms with Crippen LogP contribution in [-0.4, -0.2) is 60.2 Å². The fourth-order valence-electron chi connectivity index (χ4n) is 1.07. The van der Waals surface area contributed by atoms with E-state index in [1.165, 1.54) is 7.11 Å². The SMILES string of the molecule is COc1ccc(CC(O)S(=O)(=O)O)cc1.[NaH]. The summed E-state index contributed by atoms with van der Waals surface area (Å²) in [5, 5.41) is 9.10. The molecule has 16 heavy (non-hydrogen) atoms. The van der Waals surface area contributed by atoms with Gasteiger partial charge in [-0.15, -0.1) is 0 Å². The Morgan fingerprint density at radius 3 is 2.19 bits per heavy atom. The maximum absolute atomic E-state index is 10.5. The summed E-state index contributed by atoms with van der Waals surface area (Å²) >= 11 is 0. The molecule has 0 amide bonds. The molecule has 0 aliphatic heterocycles. The molecule has 7 heteroatoms. The molecule has 1 atom stereocenters. The average molecular weight is 256 g/mol. The molecule has 86 valence electrons. The molecule has 0 bridgehead atoms. The monoisotopic (exact) mass is 256 g/mol. The zero-order chi connectivity index (χ0) is 11.5. The van der Waals surface area contributed by atoms with Gasteiger partial charge in [0.2, 0.25) is 0 Å². The molecular weight excluding hydrogens is 243 g/mol. The molecule has 0 aliphatic rings. The maximum atomic E-state index is 10.5. The number of aliphatic hydroxyl groups is 1. The average Bonchev–Trinajstić information content (AvgIpc) is 2.17. The van der Waals surface area contributed by atoms with Crippen molar-refractivity contribution < 1.29 is 22.8 Å². The van der Waals surface area contributed by atoms with Crippen molar-refractivity contribution >= 4 is 39.7 Å². The first-order chi connectivity index (χ1) is 6.93. The van der Waals surface area contributed by atoms with Crippen LogP contribution in [0, 0.1) is 0 Å². The predicted octanol–water partition coefficient (Wildman–Crippen LogP) is -0.205. The first-order valence-corrected chi connectivity index (χ1v) is 5.71. The number of aliphatic hydroxyl groups excluding tert-OH is 1. The minimum absolute atomic E-state index is 0. The molecular formula is C9H13NaO5S. The van der Waals surface area contributed by atoms with Crippen LogP contribution in [0.5, 0.6) is 5.75 Å². The van der Waals surface area contributed by atoms with Crippen LogP contribution in [0.4, 0.5) is 0 Å². The van der Waals surface area contributed by atoms with Crippen molar-refractivity contribution in [3.05, 3.63) is 29.8 Å². The quantitative estimate of drug-likeness (QED) is 0.575. The molecule has 0 spiro atoms. The van der Waals surface area contributed by atoms with E-state index >= 15 is 0 Å². The van der Waals surface area contributed by atoms with Gasteiger partial charge in [-0.25, -0.2) is 0 Å². The van der Waals surface area contributed by atoms with Gasteiger partial charge in [-0.1, -0.05) is 12.1 Å². The fourth-order valence-corrected chi connectivity index (χ4v) is 1.47. The van der Waals surface area contributed by atoms with Gasteiger partial charge in [0.25, 0.3) is 10.1 Å². The third-order valence-corrected chi connectivity index (χ3v) is 2.77. The molecule has 0 heterocycles. The van der Waals surface area contributed by atoms with Crippen molar-refractivity contribution in [2.24, 2.45) is 0 Å². The van der Waals surface area contributed by atoms with Gasteiger partial charge in [0.05, 0.1) is 7.11 Å². The summed E-state index contributed by atoms with van der Waals surface area (Å²) in [7, 11) is -2.88. The van der Waals surface area contributed by atoms with E-state index in [4.69, 9.17) is 14.4 Å². The summed E-state index contributed by atoms with van der Waals surface area (Å²) < 4.78 is 34.5. The molecule has 0 aromatic heterocycles. The van der Waals surface area contributed by atoms with E-state index in [2.05, 4.69) is 0 Å². The minimum atomic E-state index is -4.39. The zero-order valence-electron chi connectivity index (χ0n) is 8.12. The van der Waals surface area contributed by atoms with Crippen LogP contribution in [0.1, 0.15) is 5.56 Å². The van der Waals surface area contributed by atoms with Crippen LogP contribution in [0.2, 0.25) is 0 Å². The molecule has 1 unspecified atom stereocenters. The van der Waals surface area contributed by atoms with Crippen molar-refractivity contribution in [2.75, 3.05) is 7.11 Å². The summed E-state index contributed by atoms with van der Waals surface area (Å²) in [6.07, 6.45) is -0.150. The van der Waals surface area contributed by atoms with Crippen molar-refractivity contribution in [1.82, 2.24) is 0 Å². The standard InChI is InChI=1S/C9H12O5S.Na.H/c1-14-8-4-2-7(3-5-8)6-9(10)15(11,12)13;;/h2-5,9-10H,6H2,1H3,(H,11,12,13);;. The predicted molar refractivity (Wildman–Crippen MR) is 61.4 cm³/mol. The second kappa shape index (κ2) is 6.58. The van der Waals surface area contributed by atoms with E-state index in [1.54, 1.807) is 24.3 Å². The van der Waals surface area contributed by atoms with E-state index in [0.29, 0.717) is 11.3 Å². The van der Waals surface area contributed by atoms with Gasteiger partial charge in [-0.05, 0) is 17.7 Å². The summed E-state index contributed by atoms with van der Waals surface area (Å²) in [6, 6.07) is 6.53. The molecule has 5 nitrogen and oxygen atoms in total. The molecule has 0 saturated carbocycles. The molecule has 1 rings (SSSR count).